The molecule has 0 saturated carbocycles. The average Bonchev–Trinajstić information content (AvgIpc) is 2.30. The first-order valence-corrected chi connectivity index (χ1v) is 5.66. The van der Waals surface area contributed by atoms with E-state index < -0.39 is 6.10 Å². The number of aliphatic hydroxyl groups excluding tert-OH is 1. The standard InChI is InChI=1S/C12H18N2O/c1-10(15)11-5-6-12(13-9-11)14-7-3-2-4-8-14/h5-6,9-10,15H,2-4,7-8H2,1H3/t10-/m0/s1. The Morgan fingerprint density at radius 1 is 1.27 bits per heavy atom. The van der Waals surface area contributed by atoms with Crippen LogP contribution in [0.5, 0.6) is 0 Å². The number of hydrogen-bond donors (Lipinski definition) is 1. The van der Waals surface area contributed by atoms with Gasteiger partial charge in [0.1, 0.15) is 5.82 Å². The molecule has 0 unspecified atom stereocenters. The molecule has 2 heterocycles. The molecule has 1 atom stereocenters. The number of anilines is 1. The van der Waals surface area contributed by atoms with Crippen molar-refractivity contribution in [2.24, 2.45) is 0 Å². The SMILES string of the molecule is C[C@H](O)c1ccc(N2CCCCC2)nc1. The van der Waals surface area contributed by atoms with Gasteiger partial charge >= 0.3 is 0 Å². The van der Waals surface area contributed by atoms with Gasteiger partial charge in [-0.1, -0.05) is 6.07 Å². The summed E-state index contributed by atoms with van der Waals surface area (Å²) < 4.78 is 0. The molecule has 0 aromatic carbocycles. The van der Waals surface area contributed by atoms with Crippen LogP contribution in [0.4, 0.5) is 5.82 Å². The highest BCUT2D eigenvalue weighted by molar-refractivity contribution is 5.39. The first kappa shape index (κ1) is 10.4. The molecule has 3 nitrogen and oxygen atoms in total. The molecule has 3 heteroatoms. The molecule has 1 saturated heterocycles. The third kappa shape index (κ3) is 2.48. The predicted molar refractivity (Wildman–Crippen MR) is 60.9 cm³/mol. The Labute approximate surface area is 90.8 Å². The van der Waals surface area contributed by atoms with Crippen molar-refractivity contribution in [1.82, 2.24) is 4.98 Å². The van der Waals surface area contributed by atoms with Gasteiger partial charge in [-0.3, -0.25) is 0 Å². The summed E-state index contributed by atoms with van der Waals surface area (Å²) in [7, 11) is 0. The van der Waals surface area contributed by atoms with Crippen molar-refractivity contribution in [2.75, 3.05) is 18.0 Å². The molecule has 0 bridgehead atoms. The van der Waals surface area contributed by atoms with Gasteiger partial charge in [-0.05, 0) is 37.8 Å². The molecule has 0 aliphatic carbocycles. The molecule has 1 N–H and O–H groups in total. The van der Waals surface area contributed by atoms with Crippen molar-refractivity contribution < 1.29 is 5.11 Å². The lowest BCUT2D eigenvalue weighted by Gasteiger charge is -2.27. The van der Waals surface area contributed by atoms with Crippen LogP contribution in [0.2, 0.25) is 0 Å². The Morgan fingerprint density at radius 3 is 2.53 bits per heavy atom. The van der Waals surface area contributed by atoms with Crippen molar-refractivity contribution >= 4 is 5.82 Å². The van der Waals surface area contributed by atoms with E-state index in [0.29, 0.717) is 0 Å². The topological polar surface area (TPSA) is 36.4 Å². The fourth-order valence-corrected chi connectivity index (χ4v) is 1.95. The minimum Gasteiger partial charge on any atom is -0.389 e. The Morgan fingerprint density at radius 2 is 2.00 bits per heavy atom. The fraction of sp³-hybridized carbons (Fsp3) is 0.583. The molecule has 1 aromatic heterocycles. The first-order valence-electron chi connectivity index (χ1n) is 5.66. The lowest BCUT2D eigenvalue weighted by atomic mass is 10.1. The zero-order chi connectivity index (χ0) is 10.7. The van der Waals surface area contributed by atoms with Crippen LogP contribution in [0.3, 0.4) is 0 Å². The number of aliphatic hydroxyl groups is 1. The maximum absolute atomic E-state index is 9.37. The van der Waals surface area contributed by atoms with Crippen LogP contribution < -0.4 is 4.90 Å². The maximum Gasteiger partial charge on any atom is 0.128 e. The molecule has 2 rings (SSSR count). The van der Waals surface area contributed by atoms with Gasteiger partial charge < -0.3 is 10.0 Å². The largest absolute Gasteiger partial charge is 0.389 e. The summed E-state index contributed by atoms with van der Waals surface area (Å²) in [6, 6.07) is 3.97. The second-order valence-electron chi connectivity index (χ2n) is 4.17. The third-order valence-corrected chi connectivity index (χ3v) is 2.93. The van der Waals surface area contributed by atoms with Crippen molar-refractivity contribution in [2.45, 2.75) is 32.3 Å². The Kier molecular flexibility index (Phi) is 3.21. The van der Waals surface area contributed by atoms with Gasteiger partial charge in [0, 0.05) is 19.3 Å². The summed E-state index contributed by atoms with van der Waals surface area (Å²) in [6.45, 7) is 3.99. The first-order chi connectivity index (χ1) is 7.27. The summed E-state index contributed by atoms with van der Waals surface area (Å²) in [5.41, 5.74) is 0.885. The molecule has 1 fully saturated rings. The van der Waals surface area contributed by atoms with Crippen LogP contribution in [-0.4, -0.2) is 23.2 Å². The molecular weight excluding hydrogens is 188 g/mol. The predicted octanol–water partition coefficient (Wildman–Crippen LogP) is 2.13. The zero-order valence-electron chi connectivity index (χ0n) is 9.19. The maximum atomic E-state index is 9.37. The zero-order valence-corrected chi connectivity index (χ0v) is 9.19. The Bertz CT molecular complexity index is 302. The highest BCUT2D eigenvalue weighted by Crippen LogP contribution is 2.19. The number of aromatic nitrogens is 1. The summed E-state index contributed by atoms with van der Waals surface area (Å²) >= 11 is 0. The van der Waals surface area contributed by atoms with Crippen LogP contribution in [-0.2, 0) is 0 Å². The Hall–Kier alpha value is -1.09. The number of rotatable bonds is 2. The van der Waals surface area contributed by atoms with Crippen molar-refractivity contribution in [3.8, 4) is 0 Å². The lowest BCUT2D eigenvalue weighted by molar-refractivity contribution is 0.199. The lowest BCUT2D eigenvalue weighted by Crippen LogP contribution is -2.30. The summed E-state index contributed by atoms with van der Waals surface area (Å²) in [4.78, 5) is 6.70. The van der Waals surface area contributed by atoms with Gasteiger partial charge in [0.25, 0.3) is 0 Å². The van der Waals surface area contributed by atoms with Crippen molar-refractivity contribution in [3.05, 3.63) is 23.9 Å². The summed E-state index contributed by atoms with van der Waals surface area (Å²) in [5, 5.41) is 9.37. The highest BCUT2D eigenvalue weighted by atomic mass is 16.3. The van der Waals surface area contributed by atoms with E-state index in [0.717, 1.165) is 24.5 Å². The molecule has 1 aliphatic heterocycles. The molecule has 0 spiro atoms. The smallest absolute Gasteiger partial charge is 0.128 e. The van der Waals surface area contributed by atoms with Gasteiger partial charge in [0.15, 0.2) is 0 Å². The van der Waals surface area contributed by atoms with Gasteiger partial charge in [0.2, 0.25) is 0 Å². The normalized spacial score (nSPS) is 18.9. The fourth-order valence-electron chi connectivity index (χ4n) is 1.95. The van der Waals surface area contributed by atoms with Gasteiger partial charge in [-0.15, -0.1) is 0 Å². The molecule has 0 radical (unpaired) electrons. The molecular formula is C12H18N2O. The van der Waals surface area contributed by atoms with E-state index in [-0.39, 0.29) is 0 Å². The van der Waals surface area contributed by atoms with Crippen molar-refractivity contribution in [3.63, 3.8) is 0 Å². The van der Waals surface area contributed by atoms with Crippen LogP contribution in [0.1, 0.15) is 37.9 Å². The Balaban J connectivity index is 2.08. The van der Waals surface area contributed by atoms with Gasteiger partial charge in [0.05, 0.1) is 6.10 Å². The molecule has 15 heavy (non-hydrogen) atoms. The highest BCUT2D eigenvalue weighted by Gasteiger charge is 2.12. The van der Waals surface area contributed by atoms with E-state index in [2.05, 4.69) is 9.88 Å². The molecule has 82 valence electrons. The van der Waals surface area contributed by atoms with Crippen LogP contribution in [0.15, 0.2) is 18.3 Å². The van der Waals surface area contributed by atoms with Crippen LogP contribution in [0.25, 0.3) is 0 Å². The van der Waals surface area contributed by atoms with E-state index in [1.807, 2.05) is 12.1 Å². The number of piperidine rings is 1. The molecule has 1 aliphatic rings. The van der Waals surface area contributed by atoms with Gasteiger partial charge in [-0.2, -0.15) is 0 Å². The minimum atomic E-state index is -0.423. The van der Waals surface area contributed by atoms with E-state index in [1.165, 1.54) is 19.3 Å². The molecule has 1 aromatic rings. The number of pyridine rings is 1. The van der Waals surface area contributed by atoms with E-state index in [9.17, 15) is 5.11 Å². The van der Waals surface area contributed by atoms with Crippen LogP contribution >= 0.6 is 0 Å². The number of hydrogen-bond acceptors (Lipinski definition) is 3. The third-order valence-electron chi connectivity index (χ3n) is 2.93. The second-order valence-corrected chi connectivity index (χ2v) is 4.17. The van der Waals surface area contributed by atoms with E-state index in [4.69, 9.17) is 0 Å². The minimum absolute atomic E-state index is 0.423. The van der Waals surface area contributed by atoms with E-state index >= 15 is 0 Å². The van der Waals surface area contributed by atoms with Crippen LogP contribution in [0, 0.1) is 0 Å². The van der Waals surface area contributed by atoms with Gasteiger partial charge in [-0.25, -0.2) is 4.98 Å². The number of nitrogens with zero attached hydrogens (tertiary/aromatic N) is 2. The van der Waals surface area contributed by atoms with Crippen molar-refractivity contribution in [1.29, 1.82) is 0 Å². The monoisotopic (exact) mass is 206 g/mol. The summed E-state index contributed by atoms with van der Waals surface area (Å²) in [6.07, 6.45) is 5.21. The average molecular weight is 206 g/mol. The second kappa shape index (κ2) is 4.62. The quantitative estimate of drug-likeness (QED) is 0.805. The summed E-state index contributed by atoms with van der Waals surface area (Å²) in [5.74, 6) is 1.04. The van der Waals surface area contributed by atoms with E-state index in [1.54, 1.807) is 13.1 Å². The molecule has 0 amide bonds.